The predicted octanol–water partition coefficient (Wildman–Crippen LogP) is 3.38. The van der Waals surface area contributed by atoms with E-state index in [0.717, 1.165) is 0 Å². The first-order valence-corrected chi connectivity index (χ1v) is 5.27. The van der Waals surface area contributed by atoms with Crippen molar-refractivity contribution < 1.29 is 14.6 Å². The molecule has 0 atom stereocenters. The number of amides is 1. The number of phenols is 1. The van der Waals surface area contributed by atoms with Gasteiger partial charge in [-0.05, 0) is 32.9 Å². The molecule has 0 saturated heterocycles. The third-order valence-electron chi connectivity index (χ3n) is 1.90. The standard InChI is InChI=1S/C13H17NO3/c1-5-9-6-7-10(8-11(9)15)14-12(16)17-13(2,3)4/h5-8,15H,1H2,2-4H3,(H,14,16). The summed E-state index contributed by atoms with van der Waals surface area (Å²) in [7, 11) is 0. The van der Waals surface area contributed by atoms with Crippen LogP contribution >= 0.6 is 0 Å². The number of carbonyl (C=O) groups excluding carboxylic acids is 1. The van der Waals surface area contributed by atoms with E-state index in [2.05, 4.69) is 11.9 Å². The van der Waals surface area contributed by atoms with Crippen molar-refractivity contribution in [1.82, 2.24) is 0 Å². The molecular formula is C13H17NO3. The molecule has 0 aliphatic rings. The van der Waals surface area contributed by atoms with Gasteiger partial charge >= 0.3 is 6.09 Å². The highest BCUT2D eigenvalue weighted by Gasteiger charge is 2.16. The van der Waals surface area contributed by atoms with Crippen LogP contribution in [0.2, 0.25) is 0 Å². The molecule has 0 aliphatic heterocycles. The first-order valence-electron chi connectivity index (χ1n) is 5.27. The molecule has 92 valence electrons. The van der Waals surface area contributed by atoms with Crippen LogP contribution in [0.1, 0.15) is 26.3 Å². The Morgan fingerprint density at radius 1 is 1.47 bits per heavy atom. The molecule has 0 aliphatic carbocycles. The number of ether oxygens (including phenoxy) is 1. The Morgan fingerprint density at radius 2 is 2.12 bits per heavy atom. The lowest BCUT2D eigenvalue weighted by atomic mass is 10.2. The van der Waals surface area contributed by atoms with Gasteiger partial charge in [0.25, 0.3) is 0 Å². The minimum Gasteiger partial charge on any atom is -0.507 e. The molecule has 1 rings (SSSR count). The fourth-order valence-electron chi connectivity index (χ4n) is 1.22. The van der Waals surface area contributed by atoms with Crippen molar-refractivity contribution in [2.45, 2.75) is 26.4 Å². The molecule has 0 unspecified atom stereocenters. The summed E-state index contributed by atoms with van der Waals surface area (Å²) in [6.45, 7) is 8.91. The van der Waals surface area contributed by atoms with Gasteiger partial charge in [-0.15, -0.1) is 0 Å². The summed E-state index contributed by atoms with van der Waals surface area (Å²) in [5.41, 5.74) is 0.537. The van der Waals surface area contributed by atoms with Crippen molar-refractivity contribution in [2.24, 2.45) is 0 Å². The van der Waals surface area contributed by atoms with Crippen LogP contribution in [0.5, 0.6) is 5.75 Å². The van der Waals surface area contributed by atoms with Gasteiger partial charge in [-0.3, -0.25) is 5.32 Å². The summed E-state index contributed by atoms with van der Waals surface area (Å²) in [5, 5.41) is 12.1. The van der Waals surface area contributed by atoms with Gasteiger partial charge in [0.1, 0.15) is 11.4 Å². The molecule has 0 fully saturated rings. The average molecular weight is 235 g/mol. The number of carbonyl (C=O) groups is 1. The fourth-order valence-corrected chi connectivity index (χ4v) is 1.22. The van der Waals surface area contributed by atoms with Crippen molar-refractivity contribution in [3.8, 4) is 5.75 Å². The first kappa shape index (κ1) is 13.1. The Bertz CT molecular complexity index is 433. The normalized spacial score (nSPS) is 10.8. The Morgan fingerprint density at radius 3 is 2.59 bits per heavy atom. The third kappa shape index (κ3) is 4.18. The number of hydrogen-bond acceptors (Lipinski definition) is 3. The van der Waals surface area contributed by atoms with Crippen molar-refractivity contribution in [1.29, 1.82) is 0 Å². The highest BCUT2D eigenvalue weighted by Crippen LogP contribution is 2.23. The molecule has 4 nitrogen and oxygen atoms in total. The van der Waals surface area contributed by atoms with Gasteiger partial charge in [0.2, 0.25) is 0 Å². The van der Waals surface area contributed by atoms with E-state index in [0.29, 0.717) is 11.3 Å². The quantitative estimate of drug-likeness (QED) is 0.826. The maximum absolute atomic E-state index is 11.5. The SMILES string of the molecule is C=Cc1ccc(NC(=O)OC(C)(C)C)cc1O. The molecule has 1 amide bonds. The minimum absolute atomic E-state index is 0.0635. The van der Waals surface area contributed by atoms with Crippen molar-refractivity contribution in [2.75, 3.05) is 5.32 Å². The van der Waals surface area contributed by atoms with Crippen LogP contribution in [0.4, 0.5) is 10.5 Å². The van der Waals surface area contributed by atoms with E-state index >= 15 is 0 Å². The molecule has 0 radical (unpaired) electrons. The lowest BCUT2D eigenvalue weighted by molar-refractivity contribution is 0.0636. The highest BCUT2D eigenvalue weighted by molar-refractivity contribution is 5.85. The molecular weight excluding hydrogens is 218 g/mol. The van der Waals surface area contributed by atoms with E-state index in [1.807, 2.05) is 0 Å². The summed E-state index contributed by atoms with van der Waals surface area (Å²) >= 11 is 0. The molecule has 0 spiro atoms. The Balaban J connectivity index is 2.73. The van der Waals surface area contributed by atoms with Gasteiger partial charge in [0, 0.05) is 17.3 Å². The molecule has 17 heavy (non-hydrogen) atoms. The molecule has 0 aromatic heterocycles. The van der Waals surface area contributed by atoms with E-state index in [1.165, 1.54) is 12.1 Å². The van der Waals surface area contributed by atoms with Crippen molar-refractivity contribution in [3.63, 3.8) is 0 Å². The summed E-state index contributed by atoms with van der Waals surface area (Å²) < 4.78 is 5.09. The van der Waals surface area contributed by atoms with Gasteiger partial charge in [-0.1, -0.05) is 12.7 Å². The number of aromatic hydroxyl groups is 1. The van der Waals surface area contributed by atoms with Crippen molar-refractivity contribution in [3.05, 3.63) is 30.3 Å². The smallest absolute Gasteiger partial charge is 0.412 e. The molecule has 1 aromatic carbocycles. The van der Waals surface area contributed by atoms with E-state index < -0.39 is 11.7 Å². The van der Waals surface area contributed by atoms with Crippen LogP contribution < -0.4 is 5.32 Å². The highest BCUT2D eigenvalue weighted by atomic mass is 16.6. The van der Waals surface area contributed by atoms with Crippen LogP contribution in [0.25, 0.3) is 6.08 Å². The lowest BCUT2D eigenvalue weighted by Gasteiger charge is -2.19. The maximum Gasteiger partial charge on any atom is 0.412 e. The van der Waals surface area contributed by atoms with E-state index in [-0.39, 0.29) is 5.75 Å². The Kier molecular flexibility index (Phi) is 3.78. The van der Waals surface area contributed by atoms with Crippen LogP contribution in [0.3, 0.4) is 0 Å². The largest absolute Gasteiger partial charge is 0.507 e. The van der Waals surface area contributed by atoms with Gasteiger partial charge in [-0.2, -0.15) is 0 Å². The number of benzene rings is 1. The van der Waals surface area contributed by atoms with Crippen LogP contribution in [-0.2, 0) is 4.74 Å². The predicted molar refractivity (Wildman–Crippen MR) is 68.1 cm³/mol. The first-order chi connectivity index (χ1) is 7.81. The summed E-state index contributed by atoms with van der Waals surface area (Å²) in [6, 6.07) is 4.77. The molecule has 4 heteroatoms. The number of anilines is 1. The number of nitrogens with one attached hydrogen (secondary N) is 1. The second kappa shape index (κ2) is 4.91. The van der Waals surface area contributed by atoms with Gasteiger partial charge in [0.05, 0.1) is 0 Å². The third-order valence-corrected chi connectivity index (χ3v) is 1.90. The lowest BCUT2D eigenvalue weighted by Crippen LogP contribution is -2.27. The van der Waals surface area contributed by atoms with Crippen molar-refractivity contribution >= 4 is 17.9 Å². The maximum atomic E-state index is 11.5. The molecule has 0 bridgehead atoms. The van der Waals surface area contributed by atoms with E-state index in [9.17, 15) is 9.90 Å². The summed E-state index contributed by atoms with van der Waals surface area (Å²) in [6.07, 6.45) is 0.982. The Hall–Kier alpha value is -1.97. The average Bonchev–Trinajstić information content (AvgIpc) is 2.14. The Labute approximate surface area is 101 Å². The minimum atomic E-state index is -0.553. The van der Waals surface area contributed by atoms with Crippen LogP contribution in [0, 0.1) is 0 Å². The second-order valence-electron chi connectivity index (χ2n) is 4.60. The van der Waals surface area contributed by atoms with Gasteiger partial charge < -0.3 is 9.84 Å². The van der Waals surface area contributed by atoms with Gasteiger partial charge in [-0.25, -0.2) is 4.79 Å². The molecule has 1 aromatic rings. The van der Waals surface area contributed by atoms with Crippen LogP contribution in [0.15, 0.2) is 24.8 Å². The van der Waals surface area contributed by atoms with Crippen LogP contribution in [-0.4, -0.2) is 16.8 Å². The number of phenolic OH excluding ortho intramolecular Hbond substituents is 1. The zero-order chi connectivity index (χ0) is 13.1. The van der Waals surface area contributed by atoms with E-state index in [1.54, 1.807) is 32.9 Å². The summed E-state index contributed by atoms with van der Waals surface area (Å²) in [4.78, 5) is 11.5. The zero-order valence-electron chi connectivity index (χ0n) is 10.3. The fraction of sp³-hybridized carbons (Fsp3) is 0.308. The van der Waals surface area contributed by atoms with Gasteiger partial charge in [0.15, 0.2) is 0 Å². The summed E-state index contributed by atoms with van der Waals surface area (Å²) in [5.74, 6) is 0.0635. The number of rotatable bonds is 2. The zero-order valence-corrected chi connectivity index (χ0v) is 10.3. The number of hydrogen-bond donors (Lipinski definition) is 2. The van der Waals surface area contributed by atoms with E-state index in [4.69, 9.17) is 4.74 Å². The molecule has 0 heterocycles. The molecule has 0 saturated carbocycles. The second-order valence-corrected chi connectivity index (χ2v) is 4.60. The molecule has 2 N–H and O–H groups in total. The topological polar surface area (TPSA) is 58.6 Å². The monoisotopic (exact) mass is 235 g/mol.